The predicted octanol–water partition coefficient (Wildman–Crippen LogP) is 5.49. The third-order valence-electron chi connectivity index (χ3n) is 4.70. The maximum atomic E-state index is 4.13. The Hall–Kier alpha value is -3.13. The maximum Gasteiger partial charge on any atom is 0.0331 e. The highest BCUT2D eigenvalue weighted by Gasteiger charge is 2.07. The zero-order valence-corrected chi connectivity index (χ0v) is 16.6. The van der Waals surface area contributed by atoms with Crippen LogP contribution in [0.15, 0.2) is 103 Å². The molecule has 142 valence electrons. The van der Waals surface area contributed by atoms with Gasteiger partial charge >= 0.3 is 0 Å². The lowest BCUT2D eigenvalue weighted by Crippen LogP contribution is -2.09. The molecule has 0 atom stereocenters. The van der Waals surface area contributed by atoms with Crippen LogP contribution in [0, 0.1) is 0 Å². The van der Waals surface area contributed by atoms with E-state index in [4.69, 9.17) is 0 Å². The molecule has 0 saturated heterocycles. The second kappa shape index (κ2) is 10.3. The minimum atomic E-state index is 0.906. The number of allylic oxidation sites excluding steroid dienone is 7. The molecule has 2 heterocycles. The molecule has 1 N–H and O–H groups in total. The van der Waals surface area contributed by atoms with Crippen LogP contribution in [0.1, 0.15) is 29.2 Å². The van der Waals surface area contributed by atoms with Crippen molar-refractivity contribution in [2.45, 2.75) is 26.2 Å². The van der Waals surface area contributed by atoms with E-state index >= 15 is 0 Å². The summed E-state index contributed by atoms with van der Waals surface area (Å²) in [6, 6.07) is 11.2. The molecule has 2 nitrogen and oxygen atoms in total. The summed E-state index contributed by atoms with van der Waals surface area (Å²) in [5.74, 6) is 0. The smallest absolute Gasteiger partial charge is 0.0331 e. The molecule has 2 heteroatoms. The third kappa shape index (κ3) is 5.95. The van der Waals surface area contributed by atoms with Crippen molar-refractivity contribution in [1.29, 1.82) is 0 Å². The number of nitrogens with zero attached hydrogens (tertiary/aromatic N) is 1. The molecule has 1 aliphatic heterocycles. The van der Waals surface area contributed by atoms with Crippen LogP contribution in [-0.4, -0.2) is 11.5 Å². The molecular weight excluding hydrogens is 340 g/mol. The Labute approximate surface area is 168 Å². The number of aromatic nitrogens is 1. The topological polar surface area (TPSA) is 24.9 Å². The minimum Gasteiger partial charge on any atom is -0.387 e. The Bertz CT molecular complexity index is 915. The first-order valence-corrected chi connectivity index (χ1v) is 9.80. The lowest BCUT2D eigenvalue weighted by Gasteiger charge is -2.13. The molecule has 0 bridgehead atoms. The molecule has 0 saturated carbocycles. The first-order valence-electron chi connectivity index (χ1n) is 9.80. The van der Waals surface area contributed by atoms with E-state index in [1.807, 2.05) is 24.7 Å². The van der Waals surface area contributed by atoms with E-state index < -0.39 is 0 Å². The molecule has 0 radical (unpaired) electrons. The van der Waals surface area contributed by atoms with E-state index in [2.05, 4.69) is 84.5 Å². The first-order chi connectivity index (χ1) is 13.8. The Morgan fingerprint density at radius 2 is 1.82 bits per heavy atom. The van der Waals surface area contributed by atoms with Crippen molar-refractivity contribution in [2.75, 3.05) is 6.54 Å². The Morgan fingerprint density at radius 3 is 2.50 bits per heavy atom. The van der Waals surface area contributed by atoms with Crippen molar-refractivity contribution in [3.05, 3.63) is 125 Å². The van der Waals surface area contributed by atoms with Crippen molar-refractivity contribution in [1.82, 2.24) is 10.3 Å². The number of benzene rings is 1. The summed E-state index contributed by atoms with van der Waals surface area (Å²) in [6.07, 6.45) is 21.2. The lowest BCUT2D eigenvalue weighted by atomic mass is 9.93. The van der Waals surface area contributed by atoms with Gasteiger partial charge in [-0.15, -0.1) is 0 Å². The number of hydrogen-bond acceptors (Lipinski definition) is 2. The van der Waals surface area contributed by atoms with Crippen molar-refractivity contribution in [3.63, 3.8) is 0 Å². The van der Waals surface area contributed by atoms with Crippen molar-refractivity contribution in [3.8, 4) is 0 Å². The maximum absolute atomic E-state index is 4.13. The fourth-order valence-electron chi connectivity index (χ4n) is 3.52. The Balaban J connectivity index is 1.90. The number of dihydropyridines is 1. The average Bonchev–Trinajstić information content (AvgIpc) is 2.70. The summed E-state index contributed by atoms with van der Waals surface area (Å²) >= 11 is 0. The molecule has 1 aliphatic rings. The second-order valence-corrected chi connectivity index (χ2v) is 7.04. The highest BCUT2D eigenvalue weighted by molar-refractivity contribution is 5.40. The summed E-state index contributed by atoms with van der Waals surface area (Å²) in [6.45, 7) is 6.81. The van der Waals surface area contributed by atoms with E-state index in [0.717, 1.165) is 25.8 Å². The summed E-state index contributed by atoms with van der Waals surface area (Å²) < 4.78 is 0. The highest BCUT2D eigenvalue weighted by Crippen LogP contribution is 2.20. The number of nitrogens with one attached hydrogen (secondary N) is 1. The largest absolute Gasteiger partial charge is 0.387 e. The molecule has 2 aromatic rings. The van der Waals surface area contributed by atoms with Crippen LogP contribution in [0.5, 0.6) is 0 Å². The van der Waals surface area contributed by atoms with Gasteiger partial charge in [-0.2, -0.15) is 0 Å². The van der Waals surface area contributed by atoms with Crippen molar-refractivity contribution in [2.24, 2.45) is 0 Å². The summed E-state index contributed by atoms with van der Waals surface area (Å²) in [7, 11) is 0. The fraction of sp³-hybridized carbons (Fsp3) is 0.192. The van der Waals surface area contributed by atoms with E-state index in [-0.39, 0.29) is 0 Å². The molecule has 0 amide bonds. The molecular formula is C26H28N2. The van der Waals surface area contributed by atoms with E-state index in [1.54, 1.807) is 0 Å². The van der Waals surface area contributed by atoms with Crippen LogP contribution in [0.3, 0.4) is 0 Å². The third-order valence-corrected chi connectivity index (χ3v) is 4.70. The average molecular weight is 369 g/mol. The van der Waals surface area contributed by atoms with Gasteiger partial charge in [0.1, 0.15) is 0 Å². The zero-order chi connectivity index (χ0) is 19.6. The van der Waals surface area contributed by atoms with Crippen LogP contribution < -0.4 is 5.32 Å². The molecule has 0 aliphatic carbocycles. The molecule has 28 heavy (non-hydrogen) atoms. The highest BCUT2D eigenvalue weighted by atomic mass is 14.8. The molecule has 0 unspecified atom stereocenters. The van der Waals surface area contributed by atoms with Crippen LogP contribution in [0.4, 0.5) is 0 Å². The van der Waals surface area contributed by atoms with E-state index in [9.17, 15) is 0 Å². The predicted molar refractivity (Wildman–Crippen MR) is 119 cm³/mol. The standard InChI is InChI=1S/C26H28N2/c1-3-5-21(6-4-2)15-24-18-25(16-22-7-11-27-12-8-22)20-26(19-24)17-23-9-13-28-14-10-23/h3-13,18-20,28H,1,14-17H2,2H3/b6-4-,21-5+. The monoisotopic (exact) mass is 368 g/mol. The van der Waals surface area contributed by atoms with Crippen molar-refractivity contribution >= 4 is 0 Å². The quantitative estimate of drug-likeness (QED) is 0.623. The van der Waals surface area contributed by atoms with Crippen LogP contribution in [-0.2, 0) is 19.3 Å². The van der Waals surface area contributed by atoms with E-state index in [0.29, 0.717) is 0 Å². The summed E-state index contributed by atoms with van der Waals surface area (Å²) in [4.78, 5) is 4.13. The van der Waals surface area contributed by atoms with Gasteiger partial charge in [-0.3, -0.25) is 4.98 Å². The fourth-order valence-corrected chi connectivity index (χ4v) is 3.52. The van der Waals surface area contributed by atoms with Gasteiger partial charge in [-0.05, 0) is 84.0 Å². The van der Waals surface area contributed by atoms with Gasteiger partial charge in [0.15, 0.2) is 0 Å². The Kier molecular flexibility index (Phi) is 7.20. The number of rotatable bonds is 8. The molecule has 3 rings (SSSR count). The number of hydrogen-bond donors (Lipinski definition) is 1. The molecule has 1 aromatic carbocycles. The van der Waals surface area contributed by atoms with Gasteiger partial charge in [0.25, 0.3) is 0 Å². The summed E-state index contributed by atoms with van der Waals surface area (Å²) in [5.41, 5.74) is 7.96. The first kappa shape index (κ1) is 19.6. The minimum absolute atomic E-state index is 0.906. The zero-order valence-electron chi connectivity index (χ0n) is 16.6. The van der Waals surface area contributed by atoms with Gasteiger partial charge in [0.2, 0.25) is 0 Å². The SMILES string of the molecule is C=C/C=C(\C=C/C)Cc1cc(CC2=CCNC=C2)cc(Cc2ccncc2)c1. The van der Waals surface area contributed by atoms with Crippen LogP contribution >= 0.6 is 0 Å². The van der Waals surface area contributed by atoms with Gasteiger partial charge in [-0.25, -0.2) is 0 Å². The van der Waals surface area contributed by atoms with E-state index in [1.165, 1.54) is 33.4 Å². The molecule has 0 spiro atoms. The summed E-state index contributed by atoms with van der Waals surface area (Å²) in [5, 5.41) is 3.22. The lowest BCUT2D eigenvalue weighted by molar-refractivity contribution is 0.943. The number of pyridine rings is 1. The molecule has 0 fully saturated rings. The van der Waals surface area contributed by atoms with Gasteiger partial charge < -0.3 is 5.32 Å². The molecule has 1 aromatic heterocycles. The normalized spacial score (nSPS) is 14.0. The van der Waals surface area contributed by atoms with Crippen molar-refractivity contribution < 1.29 is 0 Å². The Morgan fingerprint density at radius 1 is 1.07 bits per heavy atom. The van der Waals surface area contributed by atoms with Gasteiger partial charge in [0, 0.05) is 18.9 Å². The van der Waals surface area contributed by atoms with Crippen LogP contribution in [0.2, 0.25) is 0 Å². The van der Waals surface area contributed by atoms with Gasteiger partial charge in [-0.1, -0.05) is 55.2 Å². The van der Waals surface area contributed by atoms with Gasteiger partial charge in [0.05, 0.1) is 0 Å². The second-order valence-electron chi connectivity index (χ2n) is 7.04. The van der Waals surface area contributed by atoms with Crippen LogP contribution in [0.25, 0.3) is 0 Å².